The standard InChI is InChI=1S/C20H14FN3O2/c21-14-5-3-12(4-6-14)15-10-22-24-11-16-17(23-20(15)24)8-13(9-18(16)25)19-2-1-7-26-19/h1-7,10-11,13H,8-9H2. The highest BCUT2D eigenvalue weighted by atomic mass is 19.1. The molecule has 128 valence electrons. The Labute approximate surface area is 148 Å². The lowest BCUT2D eigenvalue weighted by Crippen LogP contribution is -2.21. The summed E-state index contributed by atoms with van der Waals surface area (Å²) in [5, 5.41) is 4.32. The van der Waals surface area contributed by atoms with Gasteiger partial charge in [0, 0.05) is 30.5 Å². The summed E-state index contributed by atoms with van der Waals surface area (Å²) in [6, 6.07) is 9.94. The number of fused-ring (bicyclic) bond motifs is 2. The molecule has 1 atom stereocenters. The van der Waals surface area contributed by atoms with Crippen LogP contribution in [0.4, 0.5) is 4.39 Å². The topological polar surface area (TPSA) is 60.4 Å². The average molecular weight is 347 g/mol. The molecule has 0 saturated carbocycles. The fraction of sp³-hybridized carbons (Fsp3) is 0.150. The molecule has 0 bridgehead atoms. The second-order valence-corrected chi connectivity index (χ2v) is 6.48. The molecule has 3 aromatic heterocycles. The lowest BCUT2D eigenvalue weighted by Gasteiger charge is -2.21. The fourth-order valence-corrected chi connectivity index (χ4v) is 3.53. The van der Waals surface area contributed by atoms with Gasteiger partial charge in [-0.05, 0) is 29.8 Å². The first-order valence-electron chi connectivity index (χ1n) is 8.39. The van der Waals surface area contributed by atoms with Gasteiger partial charge in [0.1, 0.15) is 11.6 Å². The van der Waals surface area contributed by atoms with Gasteiger partial charge in [-0.15, -0.1) is 0 Å². The molecule has 5 rings (SSSR count). The predicted molar refractivity (Wildman–Crippen MR) is 92.5 cm³/mol. The third-order valence-electron chi connectivity index (χ3n) is 4.85. The van der Waals surface area contributed by atoms with Crippen LogP contribution in [-0.2, 0) is 6.42 Å². The minimum absolute atomic E-state index is 0.00265. The highest BCUT2D eigenvalue weighted by molar-refractivity contribution is 5.99. The Morgan fingerprint density at radius 3 is 2.73 bits per heavy atom. The number of aromatic nitrogens is 3. The molecule has 1 aliphatic carbocycles. The maximum absolute atomic E-state index is 13.2. The number of benzene rings is 1. The van der Waals surface area contributed by atoms with Crippen LogP contribution >= 0.6 is 0 Å². The van der Waals surface area contributed by atoms with Gasteiger partial charge in [0.05, 0.1) is 23.7 Å². The van der Waals surface area contributed by atoms with E-state index >= 15 is 0 Å². The van der Waals surface area contributed by atoms with Gasteiger partial charge in [0.25, 0.3) is 0 Å². The van der Waals surface area contributed by atoms with Gasteiger partial charge in [-0.25, -0.2) is 13.9 Å². The summed E-state index contributed by atoms with van der Waals surface area (Å²) in [6.07, 6.45) is 6.09. The monoisotopic (exact) mass is 347 g/mol. The summed E-state index contributed by atoms with van der Waals surface area (Å²) in [6.45, 7) is 0. The third kappa shape index (κ3) is 2.34. The average Bonchev–Trinajstić information content (AvgIpc) is 3.31. The molecular formula is C20H14FN3O2. The molecule has 5 nitrogen and oxygen atoms in total. The molecular weight excluding hydrogens is 333 g/mol. The van der Waals surface area contributed by atoms with E-state index < -0.39 is 0 Å². The van der Waals surface area contributed by atoms with Crippen molar-refractivity contribution in [3.05, 3.63) is 77.9 Å². The van der Waals surface area contributed by atoms with Crippen LogP contribution in [0, 0.1) is 5.82 Å². The summed E-state index contributed by atoms with van der Waals surface area (Å²) in [5.74, 6) is 0.554. The zero-order valence-electron chi connectivity index (χ0n) is 13.7. The third-order valence-corrected chi connectivity index (χ3v) is 4.85. The zero-order chi connectivity index (χ0) is 17.7. The Morgan fingerprint density at radius 1 is 1.12 bits per heavy atom. The molecule has 0 N–H and O–H groups in total. The normalized spacial score (nSPS) is 16.8. The number of ketones is 1. The molecule has 0 saturated heterocycles. The van der Waals surface area contributed by atoms with Crippen LogP contribution in [0.25, 0.3) is 16.8 Å². The van der Waals surface area contributed by atoms with Crippen molar-refractivity contribution >= 4 is 11.4 Å². The summed E-state index contributed by atoms with van der Waals surface area (Å²) < 4.78 is 20.3. The summed E-state index contributed by atoms with van der Waals surface area (Å²) in [4.78, 5) is 17.3. The van der Waals surface area contributed by atoms with Gasteiger partial charge in [0.2, 0.25) is 0 Å². The maximum Gasteiger partial charge on any atom is 0.167 e. The van der Waals surface area contributed by atoms with Crippen LogP contribution in [0.2, 0.25) is 0 Å². The largest absolute Gasteiger partial charge is 0.469 e. The molecule has 0 fully saturated rings. The summed E-state index contributed by atoms with van der Waals surface area (Å²) in [7, 11) is 0. The molecule has 4 aromatic rings. The Hall–Kier alpha value is -3.28. The highest BCUT2D eigenvalue weighted by Crippen LogP contribution is 2.33. The SMILES string of the molecule is O=C1CC(c2ccco2)Cc2nc3c(-c4ccc(F)cc4)cnn3cc21. The van der Waals surface area contributed by atoms with Gasteiger partial charge in [-0.2, -0.15) is 5.10 Å². The van der Waals surface area contributed by atoms with Crippen LogP contribution in [0.1, 0.15) is 34.2 Å². The second-order valence-electron chi connectivity index (χ2n) is 6.48. The first-order chi connectivity index (χ1) is 12.7. The smallest absolute Gasteiger partial charge is 0.167 e. The molecule has 1 aliphatic rings. The maximum atomic E-state index is 13.2. The predicted octanol–water partition coefficient (Wildman–Crippen LogP) is 4.04. The molecule has 0 aliphatic heterocycles. The van der Waals surface area contributed by atoms with Crippen LogP contribution < -0.4 is 0 Å². The summed E-state index contributed by atoms with van der Waals surface area (Å²) >= 11 is 0. The van der Waals surface area contributed by atoms with E-state index in [1.165, 1.54) is 12.1 Å². The van der Waals surface area contributed by atoms with Crippen molar-refractivity contribution in [3.8, 4) is 11.1 Å². The molecule has 0 amide bonds. The molecule has 1 unspecified atom stereocenters. The van der Waals surface area contributed by atoms with Crippen molar-refractivity contribution < 1.29 is 13.6 Å². The Morgan fingerprint density at radius 2 is 1.96 bits per heavy atom. The van der Waals surface area contributed by atoms with E-state index in [0.717, 1.165) is 22.6 Å². The van der Waals surface area contributed by atoms with E-state index in [-0.39, 0.29) is 17.5 Å². The number of Topliss-reactive ketones (excluding diaryl/α,β-unsaturated/α-hetero) is 1. The molecule has 26 heavy (non-hydrogen) atoms. The molecule has 0 radical (unpaired) electrons. The van der Waals surface area contributed by atoms with Crippen molar-refractivity contribution in [2.75, 3.05) is 0 Å². The second kappa shape index (κ2) is 5.62. The number of halogens is 1. The number of furan rings is 1. The van der Waals surface area contributed by atoms with Gasteiger partial charge in [-0.3, -0.25) is 4.79 Å². The Balaban J connectivity index is 1.62. The first-order valence-corrected chi connectivity index (χ1v) is 8.39. The van der Waals surface area contributed by atoms with Crippen molar-refractivity contribution in [1.82, 2.24) is 14.6 Å². The molecule has 0 spiro atoms. The van der Waals surface area contributed by atoms with Crippen molar-refractivity contribution in [2.45, 2.75) is 18.8 Å². The number of nitrogens with zero attached hydrogens (tertiary/aromatic N) is 3. The van der Waals surface area contributed by atoms with Gasteiger partial charge < -0.3 is 4.42 Å². The summed E-state index contributed by atoms with van der Waals surface area (Å²) in [5.41, 5.74) is 3.65. The van der Waals surface area contributed by atoms with Gasteiger partial charge in [-0.1, -0.05) is 12.1 Å². The van der Waals surface area contributed by atoms with E-state index in [2.05, 4.69) is 5.10 Å². The van der Waals surface area contributed by atoms with Crippen molar-refractivity contribution in [2.24, 2.45) is 0 Å². The van der Waals surface area contributed by atoms with Crippen LogP contribution in [-0.4, -0.2) is 20.4 Å². The van der Waals surface area contributed by atoms with E-state index in [1.807, 2.05) is 12.1 Å². The van der Waals surface area contributed by atoms with Crippen LogP contribution in [0.5, 0.6) is 0 Å². The van der Waals surface area contributed by atoms with Crippen LogP contribution in [0.3, 0.4) is 0 Å². The minimum Gasteiger partial charge on any atom is -0.469 e. The molecule has 1 aromatic carbocycles. The first kappa shape index (κ1) is 15.0. The Bertz CT molecular complexity index is 1110. The lowest BCUT2D eigenvalue weighted by molar-refractivity contribution is 0.0958. The van der Waals surface area contributed by atoms with Crippen LogP contribution in [0.15, 0.2) is 59.5 Å². The van der Waals surface area contributed by atoms with Gasteiger partial charge >= 0.3 is 0 Å². The number of rotatable bonds is 2. The number of carbonyl (C=O) groups excluding carboxylic acids is 1. The van der Waals surface area contributed by atoms with Crippen molar-refractivity contribution in [1.29, 1.82) is 0 Å². The zero-order valence-corrected chi connectivity index (χ0v) is 13.7. The number of hydrogen-bond donors (Lipinski definition) is 0. The number of hydrogen-bond acceptors (Lipinski definition) is 4. The molecule has 6 heteroatoms. The fourth-order valence-electron chi connectivity index (χ4n) is 3.53. The van der Waals surface area contributed by atoms with E-state index in [0.29, 0.717) is 24.1 Å². The highest BCUT2D eigenvalue weighted by Gasteiger charge is 2.30. The lowest BCUT2D eigenvalue weighted by atomic mass is 9.85. The van der Waals surface area contributed by atoms with E-state index in [9.17, 15) is 9.18 Å². The Kier molecular flexibility index (Phi) is 3.25. The van der Waals surface area contributed by atoms with Gasteiger partial charge in [0.15, 0.2) is 11.4 Å². The van der Waals surface area contributed by atoms with E-state index in [4.69, 9.17) is 9.40 Å². The number of carbonyl (C=O) groups is 1. The minimum atomic E-state index is -0.289. The quantitative estimate of drug-likeness (QED) is 0.549. The van der Waals surface area contributed by atoms with E-state index in [1.54, 1.807) is 35.3 Å². The molecule has 3 heterocycles. The van der Waals surface area contributed by atoms with Crippen molar-refractivity contribution in [3.63, 3.8) is 0 Å².